The molecule has 1 aliphatic carbocycles. The van der Waals surface area contributed by atoms with Gasteiger partial charge >= 0.3 is 5.97 Å². The Kier molecular flexibility index (Phi) is 8.73. The van der Waals surface area contributed by atoms with Crippen LogP contribution in [0.1, 0.15) is 87.4 Å². The number of rotatable bonds is 9. The van der Waals surface area contributed by atoms with E-state index in [0.29, 0.717) is 61.5 Å². The predicted molar refractivity (Wildman–Crippen MR) is 148 cm³/mol. The molecule has 3 heterocycles. The topological polar surface area (TPSA) is 118 Å². The van der Waals surface area contributed by atoms with E-state index in [2.05, 4.69) is 10.3 Å². The first-order valence-corrected chi connectivity index (χ1v) is 14.9. The number of carbonyl (C=O) groups is 3. The molecular formula is C29H36ClF2N5O5. The number of likely N-dealkylation sites (tertiary alicyclic amines) is 1. The summed E-state index contributed by atoms with van der Waals surface area (Å²) >= 11 is 6.65. The fourth-order valence-electron chi connectivity index (χ4n) is 6.73. The number of benzene rings is 1. The number of nitrogens with zero attached hydrogens (tertiary/aromatic N) is 5. The third kappa shape index (κ3) is 5.45. The van der Waals surface area contributed by atoms with Gasteiger partial charge in [-0.25, -0.2) is 13.5 Å². The Bertz CT molecular complexity index is 1370. The van der Waals surface area contributed by atoms with Crippen LogP contribution in [-0.4, -0.2) is 67.3 Å². The number of fused-ring (bicyclic) bond motifs is 1. The highest BCUT2D eigenvalue weighted by Gasteiger charge is 2.50. The van der Waals surface area contributed by atoms with Gasteiger partial charge in [-0.3, -0.25) is 14.4 Å². The Morgan fingerprint density at radius 3 is 2.67 bits per heavy atom. The van der Waals surface area contributed by atoms with Gasteiger partial charge in [0.05, 0.1) is 17.4 Å². The maximum Gasteiger partial charge on any atom is 0.310 e. The molecule has 42 heavy (non-hydrogen) atoms. The van der Waals surface area contributed by atoms with Crippen molar-refractivity contribution in [3.63, 3.8) is 0 Å². The molecule has 1 aromatic heterocycles. The number of carboxylic acids is 1. The van der Waals surface area contributed by atoms with Gasteiger partial charge in [-0.15, -0.1) is 5.10 Å². The van der Waals surface area contributed by atoms with Crippen molar-refractivity contribution in [2.24, 2.45) is 11.3 Å². The fourth-order valence-corrected chi connectivity index (χ4v) is 6.99. The first kappa shape index (κ1) is 30.2. The average Bonchev–Trinajstić information content (AvgIpc) is 3.58. The molecule has 1 unspecified atom stereocenters. The number of aryl methyl sites for hydroxylation is 1. The SMILES string of the molecule is CCn1nnc(COc2ccc(Cl)c3c2C(CN2CCCC2=O)N(C(=O)[C@@H]2CCCC[C@]2(C)C(=O)O)CC3)c1C(F)F. The van der Waals surface area contributed by atoms with Gasteiger partial charge in [0.25, 0.3) is 6.43 Å². The number of halogens is 3. The van der Waals surface area contributed by atoms with Crippen LogP contribution in [-0.2, 0) is 34.0 Å². The highest BCUT2D eigenvalue weighted by molar-refractivity contribution is 6.31. The molecule has 1 saturated heterocycles. The lowest BCUT2D eigenvalue weighted by molar-refractivity contribution is -0.162. The van der Waals surface area contributed by atoms with Crippen molar-refractivity contribution in [1.29, 1.82) is 0 Å². The Labute approximate surface area is 247 Å². The van der Waals surface area contributed by atoms with E-state index in [1.807, 2.05) is 0 Å². The summed E-state index contributed by atoms with van der Waals surface area (Å²) in [5.41, 5.74) is -0.151. The molecule has 1 saturated carbocycles. The molecule has 2 fully saturated rings. The summed E-state index contributed by atoms with van der Waals surface area (Å²) in [5.74, 6) is -1.66. The summed E-state index contributed by atoms with van der Waals surface area (Å²) in [5, 5.41) is 18.3. The zero-order valence-electron chi connectivity index (χ0n) is 23.8. The van der Waals surface area contributed by atoms with Gasteiger partial charge in [0.1, 0.15) is 23.7 Å². The smallest absolute Gasteiger partial charge is 0.310 e. The summed E-state index contributed by atoms with van der Waals surface area (Å²) in [6.07, 6.45) is 1.07. The lowest BCUT2D eigenvalue weighted by Crippen LogP contribution is -2.52. The maximum absolute atomic E-state index is 14.3. The third-order valence-corrected chi connectivity index (χ3v) is 9.49. The highest BCUT2D eigenvalue weighted by Crippen LogP contribution is 2.46. The van der Waals surface area contributed by atoms with E-state index < -0.39 is 29.8 Å². The molecule has 10 nitrogen and oxygen atoms in total. The molecule has 2 amide bonds. The molecule has 13 heteroatoms. The molecule has 1 aromatic carbocycles. The van der Waals surface area contributed by atoms with E-state index in [4.69, 9.17) is 16.3 Å². The normalized spacial score (nSPS) is 24.3. The van der Waals surface area contributed by atoms with Gasteiger partial charge < -0.3 is 19.6 Å². The van der Waals surface area contributed by atoms with Crippen LogP contribution in [0.25, 0.3) is 0 Å². The van der Waals surface area contributed by atoms with Crippen molar-refractivity contribution in [1.82, 2.24) is 24.8 Å². The molecule has 3 aliphatic rings. The molecule has 1 N–H and O–H groups in total. The van der Waals surface area contributed by atoms with Crippen LogP contribution in [0.4, 0.5) is 8.78 Å². The number of aliphatic carboxylic acids is 1. The van der Waals surface area contributed by atoms with Crippen molar-refractivity contribution >= 4 is 29.4 Å². The van der Waals surface area contributed by atoms with Crippen LogP contribution >= 0.6 is 11.6 Å². The summed E-state index contributed by atoms with van der Waals surface area (Å²) in [7, 11) is 0. The van der Waals surface area contributed by atoms with Crippen molar-refractivity contribution in [2.75, 3.05) is 19.6 Å². The minimum absolute atomic E-state index is 0.00462. The molecule has 0 spiro atoms. The minimum atomic E-state index is -2.79. The third-order valence-electron chi connectivity index (χ3n) is 9.13. The van der Waals surface area contributed by atoms with Gasteiger partial charge in [-0.05, 0) is 57.2 Å². The number of hydrogen-bond donors (Lipinski definition) is 1. The van der Waals surface area contributed by atoms with E-state index >= 15 is 0 Å². The van der Waals surface area contributed by atoms with Crippen molar-refractivity contribution in [2.45, 2.75) is 84.4 Å². The summed E-state index contributed by atoms with van der Waals surface area (Å²) in [6, 6.07) is 2.66. The lowest BCUT2D eigenvalue weighted by Gasteiger charge is -2.45. The number of ether oxygens (including phenoxy) is 1. The number of carboxylic acid groups (broad SMARTS) is 1. The molecule has 2 aromatic rings. The monoisotopic (exact) mass is 607 g/mol. The van der Waals surface area contributed by atoms with Crippen molar-refractivity contribution in [3.8, 4) is 5.75 Å². The maximum atomic E-state index is 14.3. The number of alkyl halides is 2. The minimum Gasteiger partial charge on any atom is -0.487 e. The Balaban J connectivity index is 1.53. The standard InChI is InChI=1S/C29H36ClF2N5O5/c1-3-37-25(26(31)32)20(33-34-37)16-42-22-10-9-19(30)17-11-14-36(21(24(17)22)15-35-13-6-8-23(35)38)27(39)18-7-4-5-12-29(18,2)28(40)41/h9-10,18,21,26H,3-8,11-16H2,1-2H3,(H,40,41)/t18-,21?,29-/m0/s1. The first-order chi connectivity index (χ1) is 20.1. The second kappa shape index (κ2) is 12.1. The summed E-state index contributed by atoms with van der Waals surface area (Å²) < 4.78 is 34.9. The molecule has 3 atom stereocenters. The van der Waals surface area contributed by atoms with Crippen LogP contribution in [0.5, 0.6) is 5.75 Å². The molecular weight excluding hydrogens is 572 g/mol. The van der Waals surface area contributed by atoms with Gasteiger partial charge in [0, 0.05) is 43.2 Å². The van der Waals surface area contributed by atoms with Gasteiger partial charge in [0.2, 0.25) is 11.8 Å². The number of amides is 2. The first-order valence-electron chi connectivity index (χ1n) is 14.5. The van der Waals surface area contributed by atoms with Crippen LogP contribution in [0.2, 0.25) is 5.02 Å². The zero-order chi connectivity index (χ0) is 30.2. The molecule has 0 bridgehead atoms. The zero-order valence-corrected chi connectivity index (χ0v) is 24.6. The molecule has 0 radical (unpaired) electrons. The predicted octanol–water partition coefficient (Wildman–Crippen LogP) is 4.80. The second-order valence-electron chi connectivity index (χ2n) is 11.5. The fraction of sp³-hybridized carbons (Fsp3) is 0.621. The van der Waals surface area contributed by atoms with Crippen LogP contribution in [0.15, 0.2) is 12.1 Å². The van der Waals surface area contributed by atoms with E-state index in [1.165, 1.54) is 0 Å². The highest BCUT2D eigenvalue weighted by atomic mass is 35.5. The van der Waals surface area contributed by atoms with Gasteiger partial charge in [0.15, 0.2) is 0 Å². The molecule has 5 rings (SSSR count). The Morgan fingerprint density at radius 1 is 1.21 bits per heavy atom. The van der Waals surface area contributed by atoms with Gasteiger partial charge in [-0.1, -0.05) is 29.7 Å². The Hall–Kier alpha value is -3.28. The van der Waals surface area contributed by atoms with Crippen molar-refractivity contribution < 1.29 is 33.0 Å². The summed E-state index contributed by atoms with van der Waals surface area (Å²) in [6.45, 7) is 4.31. The Morgan fingerprint density at radius 2 is 2.00 bits per heavy atom. The number of carbonyl (C=O) groups excluding carboxylic acids is 2. The lowest BCUT2D eigenvalue weighted by atomic mass is 9.66. The average molecular weight is 608 g/mol. The molecule has 228 valence electrons. The number of aromatic nitrogens is 3. The van der Waals surface area contributed by atoms with Crippen LogP contribution < -0.4 is 4.74 Å². The van der Waals surface area contributed by atoms with Gasteiger partial charge in [-0.2, -0.15) is 0 Å². The summed E-state index contributed by atoms with van der Waals surface area (Å²) in [4.78, 5) is 42.7. The van der Waals surface area contributed by atoms with E-state index in [-0.39, 0.29) is 42.9 Å². The van der Waals surface area contributed by atoms with E-state index in [9.17, 15) is 28.3 Å². The molecule has 2 aliphatic heterocycles. The number of hydrogen-bond acceptors (Lipinski definition) is 6. The van der Waals surface area contributed by atoms with Crippen LogP contribution in [0.3, 0.4) is 0 Å². The van der Waals surface area contributed by atoms with Crippen molar-refractivity contribution in [3.05, 3.63) is 39.7 Å². The van der Waals surface area contributed by atoms with E-state index in [0.717, 1.165) is 23.1 Å². The quantitative estimate of drug-likeness (QED) is 0.435. The van der Waals surface area contributed by atoms with Crippen LogP contribution in [0, 0.1) is 11.3 Å². The second-order valence-corrected chi connectivity index (χ2v) is 11.9. The largest absolute Gasteiger partial charge is 0.487 e. The van der Waals surface area contributed by atoms with E-state index in [1.54, 1.807) is 35.8 Å².